The van der Waals surface area contributed by atoms with E-state index in [9.17, 15) is 9.59 Å². The molecule has 0 radical (unpaired) electrons. The Kier molecular flexibility index (Phi) is 7.50. The number of nitrogens with one attached hydrogen (secondary N) is 1. The summed E-state index contributed by atoms with van der Waals surface area (Å²) in [5.41, 5.74) is 0.746. The molecule has 1 aliphatic carbocycles. The zero-order chi connectivity index (χ0) is 22.5. The van der Waals surface area contributed by atoms with E-state index in [1.807, 2.05) is 35.6 Å². The second kappa shape index (κ2) is 10.5. The number of nitrogens with zero attached hydrogens (tertiary/aromatic N) is 4. The van der Waals surface area contributed by atoms with Crippen molar-refractivity contribution in [2.45, 2.75) is 94.6 Å². The first kappa shape index (κ1) is 22.8. The molecule has 0 spiro atoms. The second-order valence-corrected chi connectivity index (χ2v) is 10.1. The van der Waals surface area contributed by atoms with E-state index in [1.165, 1.54) is 37.4 Å². The van der Waals surface area contributed by atoms with Crippen LogP contribution in [0.4, 0.5) is 0 Å². The quantitative estimate of drug-likeness (QED) is 0.306. The minimum atomic E-state index is -0.301. The van der Waals surface area contributed by atoms with Crippen molar-refractivity contribution in [3.05, 3.63) is 34.6 Å². The largest absolute Gasteiger partial charge is 0.352 e. The summed E-state index contributed by atoms with van der Waals surface area (Å²) in [7, 11) is 0. The van der Waals surface area contributed by atoms with Crippen molar-refractivity contribution in [2.75, 3.05) is 0 Å². The fraction of sp³-hybridized carbons (Fsp3) is 0.583. The van der Waals surface area contributed by atoms with Gasteiger partial charge in [-0.2, -0.15) is 0 Å². The fourth-order valence-corrected chi connectivity index (χ4v) is 5.35. The average Bonchev–Trinajstić information content (AvgIpc) is 3.03. The van der Waals surface area contributed by atoms with Crippen LogP contribution < -0.4 is 10.9 Å². The highest BCUT2D eigenvalue weighted by atomic mass is 32.2. The average molecular weight is 456 g/mol. The maximum absolute atomic E-state index is 13.1. The first-order chi connectivity index (χ1) is 15.6. The van der Waals surface area contributed by atoms with Gasteiger partial charge in [-0.05, 0) is 38.3 Å². The lowest BCUT2D eigenvalue weighted by Crippen LogP contribution is -2.39. The molecule has 1 fully saturated rings. The van der Waals surface area contributed by atoms with Gasteiger partial charge < -0.3 is 5.32 Å². The number of hydrogen-bond donors (Lipinski definition) is 1. The molecule has 1 aromatic carbocycles. The summed E-state index contributed by atoms with van der Waals surface area (Å²) < 4.78 is 3.66. The number of fused-ring (bicyclic) bond motifs is 3. The summed E-state index contributed by atoms with van der Waals surface area (Å²) in [4.78, 5) is 26.0. The maximum atomic E-state index is 13.1. The van der Waals surface area contributed by atoms with Crippen LogP contribution in [0.25, 0.3) is 16.7 Å². The normalized spacial score (nSPS) is 16.3. The number of thioether (sulfide) groups is 1. The molecule has 0 saturated heterocycles. The van der Waals surface area contributed by atoms with Gasteiger partial charge in [-0.15, -0.1) is 10.2 Å². The van der Waals surface area contributed by atoms with Crippen LogP contribution in [0.3, 0.4) is 0 Å². The number of benzene rings is 1. The van der Waals surface area contributed by atoms with E-state index in [-0.39, 0.29) is 22.8 Å². The Bertz CT molecular complexity index is 1130. The molecular weight excluding hydrogens is 422 g/mol. The molecule has 1 aliphatic rings. The number of amides is 1. The van der Waals surface area contributed by atoms with Crippen LogP contribution in [-0.4, -0.2) is 36.4 Å². The second-order valence-electron chi connectivity index (χ2n) is 8.76. The highest BCUT2D eigenvalue weighted by molar-refractivity contribution is 8.00. The smallest absolute Gasteiger partial charge is 0.262 e. The Hall–Kier alpha value is -2.35. The molecule has 3 aromatic rings. The Morgan fingerprint density at radius 2 is 1.91 bits per heavy atom. The number of unbranched alkanes of at least 4 members (excludes halogenated alkanes) is 2. The lowest BCUT2D eigenvalue weighted by molar-refractivity contribution is -0.121. The van der Waals surface area contributed by atoms with Crippen LogP contribution in [0.5, 0.6) is 0 Å². The van der Waals surface area contributed by atoms with Gasteiger partial charge in [0.05, 0.1) is 16.2 Å². The SMILES string of the molecule is CCCCCn1c(=O)c2ccccc2n2c(SC(C)C(=O)NC3CCCCCC3)nnc12. The van der Waals surface area contributed by atoms with Crippen molar-refractivity contribution in [1.82, 2.24) is 24.5 Å². The fourth-order valence-electron chi connectivity index (χ4n) is 4.49. The van der Waals surface area contributed by atoms with Crippen LogP contribution in [0.2, 0.25) is 0 Å². The predicted molar refractivity (Wildman–Crippen MR) is 129 cm³/mol. The van der Waals surface area contributed by atoms with Gasteiger partial charge in [0.15, 0.2) is 5.16 Å². The van der Waals surface area contributed by atoms with Crippen LogP contribution in [0.15, 0.2) is 34.2 Å². The van der Waals surface area contributed by atoms with E-state index in [1.54, 1.807) is 4.57 Å². The molecule has 7 nitrogen and oxygen atoms in total. The topological polar surface area (TPSA) is 81.3 Å². The van der Waals surface area contributed by atoms with E-state index in [4.69, 9.17) is 0 Å². The highest BCUT2D eigenvalue weighted by Gasteiger charge is 2.23. The number of aryl methyl sites for hydroxylation is 1. The number of aromatic nitrogens is 4. The first-order valence-electron chi connectivity index (χ1n) is 11.9. The molecule has 4 rings (SSSR count). The molecular formula is C24H33N5O2S. The molecule has 1 saturated carbocycles. The number of carbonyl (C=O) groups excluding carboxylic acids is 1. The Morgan fingerprint density at radius 1 is 1.16 bits per heavy atom. The van der Waals surface area contributed by atoms with Gasteiger partial charge in [0.1, 0.15) is 0 Å². The number of para-hydroxylation sites is 1. The summed E-state index contributed by atoms with van der Waals surface area (Å²) >= 11 is 1.40. The molecule has 32 heavy (non-hydrogen) atoms. The summed E-state index contributed by atoms with van der Waals surface area (Å²) in [6.45, 7) is 4.67. The molecule has 2 aromatic heterocycles. The van der Waals surface area contributed by atoms with Gasteiger partial charge in [0, 0.05) is 12.6 Å². The van der Waals surface area contributed by atoms with Gasteiger partial charge in [-0.3, -0.25) is 18.6 Å². The lowest BCUT2D eigenvalue weighted by atomic mass is 10.1. The third-order valence-electron chi connectivity index (χ3n) is 6.32. The molecule has 2 heterocycles. The summed E-state index contributed by atoms with van der Waals surface area (Å²) in [6.07, 6.45) is 10.1. The van der Waals surface area contributed by atoms with E-state index >= 15 is 0 Å². The standard InChI is InChI=1S/C24H33N5O2S/c1-3-4-11-16-28-22(31)19-14-9-10-15-20(19)29-23(28)26-27-24(29)32-17(2)21(30)25-18-12-7-5-6-8-13-18/h9-10,14-15,17-18H,3-8,11-13,16H2,1-2H3,(H,25,30). The van der Waals surface area contributed by atoms with Crippen molar-refractivity contribution in [3.8, 4) is 0 Å². The highest BCUT2D eigenvalue weighted by Crippen LogP contribution is 2.26. The van der Waals surface area contributed by atoms with Crippen molar-refractivity contribution in [3.63, 3.8) is 0 Å². The zero-order valence-electron chi connectivity index (χ0n) is 19.0. The molecule has 1 unspecified atom stereocenters. The summed E-state index contributed by atoms with van der Waals surface area (Å²) in [5.74, 6) is 0.586. The van der Waals surface area contributed by atoms with E-state index in [2.05, 4.69) is 22.4 Å². The van der Waals surface area contributed by atoms with E-state index in [0.717, 1.165) is 37.6 Å². The lowest BCUT2D eigenvalue weighted by Gasteiger charge is -2.19. The van der Waals surface area contributed by atoms with Crippen molar-refractivity contribution < 1.29 is 4.79 Å². The third-order valence-corrected chi connectivity index (χ3v) is 7.36. The predicted octanol–water partition coefficient (Wildman–Crippen LogP) is 4.55. The molecule has 0 bridgehead atoms. The molecule has 172 valence electrons. The van der Waals surface area contributed by atoms with Crippen molar-refractivity contribution >= 4 is 34.3 Å². The van der Waals surface area contributed by atoms with E-state index < -0.39 is 0 Å². The molecule has 1 amide bonds. The van der Waals surface area contributed by atoms with Gasteiger partial charge in [-0.25, -0.2) is 0 Å². The Labute approximate surface area is 193 Å². The van der Waals surface area contributed by atoms with Crippen LogP contribution >= 0.6 is 11.8 Å². The first-order valence-corrected chi connectivity index (χ1v) is 12.8. The van der Waals surface area contributed by atoms with Crippen molar-refractivity contribution in [1.29, 1.82) is 0 Å². The van der Waals surface area contributed by atoms with Gasteiger partial charge >= 0.3 is 0 Å². The molecule has 1 atom stereocenters. The van der Waals surface area contributed by atoms with Gasteiger partial charge in [-0.1, -0.05) is 69.3 Å². The monoisotopic (exact) mass is 455 g/mol. The third kappa shape index (κ3) is 4.85. The summed E-state index contributed by atoms with van der Waals surface area (Å²) in [5, 5.41) is 13.0. The molecule has 0 aliphatic heterocycles. The van der Waals surface area contributed by atoms with Crippen LogP contribution in [-0.2, 0) is 11.3 Å². The molecule has 1 N–H and O–H groups in total. The van der Waals surface area contributed by atoms with Crippen LogP contribution in [0, 0.1) is 0 Å². The molecule has 8 heteroatoms. The van der Waals surface area contributed by atoms with Gasteiger partial charge in [0.2, 0.25) is 11.7 Å². The van der Waals surface area contributed by atoms with Gasteiger partial charge in [0.25, 0.3) is 5.56 Å². The summed E-state index contributed by atoms with van der Waals surface area (Å²) in [6, 6.07) is 7.84. The zero-order valence-corrected chi connectivity index (χ0v) is 19.9. The minimum absolute atomic E-state index is 0.0349. The maximum Gasteiger partial charge on any atom is 0.262 e. The Balaban J connectivity index is 1.63. The Morgan fingerprint density at radius 3 is 2.66 bits per heavy atom. The van der Waals surface area contributed by atoms with E-state index in [0.29, 0.717) is 22.9 Å². The van der Waals surface area contributed by atoms with Crippen molar-refractivity contribution in [2.24, 2.45) is 0 Å². The number of rotatable bonds is 8. The van der Waals surface area contributed by atoms with Crippen LogP contribution in [0.1, 0.15) is 71.6 Å². The number of hydrogen-bond acceptors (Lipinski definition) is 5. The number of carbonyl (C=O) groups is 1. The minimum Gasteiger partial charge on any atom is -0.352 e.